The SMILES string of the molecule is C=CCC(CCc1ccccc1)O[Si](C)(C)C. The van der Waals surface area contributed by atoms with Crippen LogP contribution in [0.3, 0.4) is 0 Å². The molecule has 0 amide bonds. The molecule has 1 atom stereocenters. The Balaban J connectivity index is 2.47. The number of benzene rings is 1. The molecule has 94 valence electrons. The van der Waals surface area contributed by atoms with Crippen molar-refractivity contribution in [2.45, 2.75) is 45.0 Å². The third-order valence-corrected chi connectivity index (χ3v) is 3.59. The van der Waals surface area contributed by atoms with E-state index in [9.17, 15) is 0 Å². The second kappa shape index (κ2) is 6.77. The van der Waals surface area contributed by atoms with Gasteiger partial charge in [-0.3, -0.25) is 0 Å². The first kappa shape index (κ1) is 14.2. The monoisotopic (exact) mass is 248 g/mol. The predicted molar refractivity (Wildman–Crippen MR) is 77.8 cm³/mol. The van der Waals surface area contributed by atoms with Gasteiger partial charge in [0, 0.05) is 6.10 Å². The molecular weight excluding hydrogens is 224 g/mol. The first-order valence-electron chi connectivity index (χ1n) is 6.34. The molecule has 0 N–H and O–H groups in total. The molecule has 1 aromatic carbocycles. The fraction of sp³-hybridized carbons (Fsp3) is 0.467. The van der Waals surface area contributed by atoms with E-state index in [2.05, 4.69) is 56.6 Å². The van der Waals surface area contributed by atoms with Crippen molar-refractivity contribution in [1.29, 1.82) is 0 Å². The highest BCUT2D eigenvalue weighted by atomic mass is 28.4. The molecule has 0 aromatic heterocycles. The summed E-state index contributed by atoms with van der Waals surface area (Å²) in [5.41, 5.74) is 1.39. The summed E-state index contributed by atoms with van der Waals surface area (Å²) < 4.78 is 6.17. The van der Waals surface area contributed by atoms with Crippen molar-refractivity contribution in [3.8, 4) is 0 Å². The van der Waals surface area contributed by atoms with E-state index in [-0.39, 0.29) is 0 Å². The van der Waals surface area contributed by atoms with Gasteiger partial charge in [0.15, 0.2) is 8.32 Å². The molecule has 0 fully saturated rings. The second-order valence-electron chi connectivity index (χ2n) is 5.40. The van der Waals surface area contributed by atoms with Gasteiger partial charge in [-0.2, -0.15) is 0 Å². The first-order valence-corrected chi connectivity index (χ1v) is 9.75. The lowest BCUT2D eigenvalue weighted by Crippen LogP contribution is -2.32. The van der Waals surface area contributed by atoms with Crippen LogP contribution in [-0.2, 0) is 10.8 Å². The molecule has 0 aliphatic heterocycles. The second-order valence-corrected chi connectivity index (χ2v) is 9.86. The summed E-state index contributed by atoms with van der Waals surface area (Å²) in [6, 6.07) is 10.6. The Morgan fingerprint density at radius 1 is 1.24 bits per heavy atom. The minimum Gasteiger partial charge on any atom is -0.414 e. The van der Waals surface area contributed by atoms with Gasteiger partial charge in [0.2, 0.25) is 0 Å². The topological polar surface area (TPSA) is 9.23 Å². The fourth-order valence-electron chi connectivity index (χ4n) is 1.88. The largest absolute Gasteiger partial charge is 0.414 e. The van der Waals surface area contributed by atoms with Crippen molar-refractivity contribution >= 4 is 8.32 Å². The van der Waals surface area contributed by atoms with Crippen LogP contribution in [0.15, 0.2) is 43.0 Å². The third-order valence-electron chi connectivity index (χ3n) is 2.55. The van der Waals surface area contributed by atoms with Crippen molar-refractivity contribution in [3.05, 3.63) is 48.6 Å². The Morgan fingerprint density at radius 2 is 1.88 bits per heavy atom. The van der Waals surface area contributed by atoms with E-state index < -0.39 is 8.32 Å². The van der Waals surface area contributed by atoms with Gasteiger partial charge in [0.25, 0.3) is 0 Å². The molecular formula is C15H24OSi. The minimum absolute atomic E-state index is 0.333. The van der Waals surface area contributed by atoms with Gasteiger partial charge in [-0.05, 0) is 44.5 Å². The van der Waals surface area contributed by atoms with Gasteiger partial charge in [-0.1, -0.05) is 36.4 Å². The molecule has 1 nitrogen and oxygen atoms in total. The summed E-state index contributed by atoms with van der Waals surface area (Å²) in [5, 5.41) is 0. The van der Waals surface area contributed by atoms with Gasteiger partial charge in [0.05, 0.1) is 0 Å². The average molecular weight is 248 g/mol. The first-order chi connectivity index (χ1) is 8.01. The molecule has 2 heteroatoms. The third kappa shape index (κ3) is 6.44. The van der Waals surface area contributed by atoms with E-state index in [0.717, 1.165) is 19.3 Å². The highest BCUT2D eigenvalue weighted by Crippen LogP contribution is 2.16. The van der Waals surface area contributed by atoms with Crippen molar-refractivity contribution in [2.24, 2.45) is 0 Å². The van der Waals surface area contributed by atoms with Crippen molar-refractivity contribution < 1.29 is 4.43 Å². The van der Waals surface area contributed by atoms with Gasteiger partial charge < -0.3 is 4.43 Å². The van der Waals surface area contributed by atoms with Crippen LogP contribution in [0.25, 0.3) is 0 Å². The lowest BCUT2D eigenvalue weighted by Gasteiger charge is -2.25. The maximum atomic E-state index is 6.17. The predicted octanol–water partition coefficient (Wildman–Crippen LogP) is 4.42. The number of hydrogen-bond acceptors (Lipinski definition) is 1. The lowest BCUT2D eigenvalue weighted by molar-refractivity contribution is 0.187. The van der Waals surface area contributed by atoms with E-state index in [0.29, 0.717) is 6.10 Å². The Kier molecular flexibility index (Phi) is 5.66. The summed E-state index contributed by atoms with van der Waals surface area (Å²) in [7, 11) is -1.44. The van der Waals surface area contributed by atoms with Gasteiger partial charge >= 0.3 is 0 Å². The Hall–Kier alpha value is -0.863. The normalized spacial score (nSPS) is 13.4. The summed E-state index contributed by atoms with van der Waals surface area (Å²) in [4.78, 5) is 0. The van der Waals surface area contributed by atoms with E-state index in [4.69, 9.17) is 4.43 Å². The maximum Gasteiger partial charge on any atom is 0.184 e. The quantitative estimate of drug-likeness (QED) is 0.513. The van der Waals surface area contributed by atoms with Crippen molar-refractivity contribution in [3.63, 3.8) is 0 Å². The molecule has 0 aliphatic rings. The standard InChI is InChI=1S/C15H24OSi/c1-5-9-15(16-17(2,3)4)13-12-14-10-7-6-8-11-14/h5-8,10-11,15H,1,9,12-13H2,2-4H3. The molecule has 0 bridgehead atoms. The van der Waals surface area contributed by atoms with Crippen molar-refractivity contribution in [1.82, 2.24) is 0 Å². The number of aryl methyl sites for hydroxylation is 1. The van der Waals surface area contributed by atoms with E-state index in [1.54, 1.807) is 0 Å². The minimum atomic E-state index is -1.44. The average Bonchev–Trinajstić information content (AvgIpc) is 2.26. The zero-order valence-electron chi connectivity index (χ0n) is 11.3. The number of hydrogen-bond donors (Lipinski definition) is 0. The number of rotatable bonds is 7. The van der Waals surface area contributed by atoms with E-state index in [1.807, 2.05) is 6.08 Å². The van der Waals surface area contributed by atoms with Gasteiger partial charge in [-0.15, -0.1) is 6.58 Å². The Bertz CT molecular complexity index is 327. The molecule has 0 radical (unpaired) electrons. The lowest BCUT2D eigenvalue weighted by atomic mass is 10.1. The van der Waals surface area contributed by atoms with Crippen LogP contribution in [0.1, 0.15) is 18.4 Å². The highest BCUT2D eigenvalue weighted by Gasteiger charge is 2.20. The zero-order chi connectivity index (χ0) is 12.7. The van der Waals surface area contributed by atoms with Crippen LogP contribution in [-0.4, -0.2) is 14.4 Å². The van der Waals surface area contributed by atoms with Crippen LogP contribution in [0.4, 0.5) is 0 Å². The van der Waals surface area contributed by atoms with Crippen LogP contribution in [0.2, 0.25) is 19.6 Å². The van der Waals surface area contributed by atoms with Crippen LogP contribution in [0, 0.1) is 0 Å². The van der Waals surface area contributed by atoms with Crippen LogP contribution in [0.5, 0.6) is 0 Å². The summed E-state index contributed by atoms with van der Waals surface area (Å²) in [6.07, 6.45) is 5.43. The van der Waals surface area contributed by atoms with Crippen LogP contribution < -0.4 is 0 Å². The van der Waals surface area contributed by atoms with Crippen LogP contribution >= 0.6 is 0 Å². The maximum absolute atomic E-state index is 6.17. The van der Waals surface area contributed by atoms with E-state index in [1.165, 1.54) is 5.56 Å². The molecule has 1 unspecified atom stereocenters. The molecule has 1 aromatic rings. The van der Waals surface area contributed by atoms with Crippen molar-refractivity contribution in [2.75, 3.05) is 0 Å². The molecule has 0 spiro atoms. The highest BCUT2D eigenvalue weighted by molar-refractivity contribution is 6.69. The van der Waals surface area contributed by atoms with E-state index >= 15 is 0 Å². The summed E-state index contributed by atoms with van der Waals surface area (Å²) >= 11 is 0. The zero-order valence-corrected chi connectivity index (χ0v) is 12.3. The fourth-order valence-corrected chi connectivity index (χ4v) is 3.10. The Morgan fingerprint density at radius 3 is 2.41 bits per heavy atom. The molecule has 0 saturated carbocycles. The summed E-state index contributed by atoms with van der Waals surface area (Å²) in [6.45, 7) is 10.5. The smallest absolute Gasteiger partial charge is 0.184 e. The summed E-state index contributed by atoms with van der Waals surface area (Å²) in [5.74, 6) is 0. The molecule has 17 heavy (non-hydrogen) atoms. The molecule has 0 heterocycles. The Labute approximate surface area is 107 Å². The molecule has 1 rings (SSSR count). The molecule has 0 aliphatic carbocycles. The van der Waals surface area contributed by atoms with Gasteiger partial charge in [0.1, 0.15) is 0 Å². The molecule has 0 saturated heterocycles. The van der Waals surface area contributed by atoms with Gasteiger partial charge in [-0.25, -0.2) is 0 Å².